The van der Waals surface area contributed by atoms with E-state index in [2.05, 4.69) is 15.1 Å². The van der Waals surface area contributed by atoms with Crippen LogP contribution >= 0.6 is 0 Å². The van der Waals surface area contributed by atoms with Crippen molar-refractivity contribution in [2.24, 2.45) is 5.92 Å². The molecule has 0 saturated carbocycles. The lowest BCUT2D eigenvalue weighted by molar-refractivity contribution is -0.137. The largest absolute Gasteiger partial charge is 0.381 e. The maximum absolute atomic E-state index is 12.6. The Morgan fingerprint density at radius 3 is 2.77 bits per heavy atom. The number of hydrogen-bond acceptors (Lipinski definition) is 7. The predicted octanol–water partition coefficient (Wildman–Crippen LogP) is 1.44. The fraction of sp³-hybridized carbons (Fsp3) is 0.571. The lowest BCUT2D eigenvalue weighted by Crippen LogP contribution is -2.48. The zero-order valence-corrected chi connectivity index (χ0v) is 17.4. The van der Waals surface area contributed by atoms with Gasteiger partial charge < -0.3 is 19.1 Å². The third-order valence-electron chi connectivity index (χ3n) is 5.86. The number of carbonyl (C=O) groups excluding carboxylic acids is 2. The number of pyridine rings is 1. The molecule has 2 amide bonds. The van der Waals surface area contributed by atoms with E-state index < -0.39 is 0 Å². The summed E-state index contributed by atoms with van der Waals surface area (Å²) in [5, 5.41) is 4.05. The number of aromatic nitrogens is 3. The highest BCUT2D eigenvalue weighted by Gasteiger charge is 2.36. The molecule has 2 fully saturated rings. The van der Waals surface area contributed by atoms with Crippen molar-refractivity contribution in [3.8, 4) is 0 Å². The molecule has 0 unspecified atom stereocenters. The van der Waals surface area contributed by atoms with E-state index in [9.17, 15) is 9.59 Å². The fourth-order valence-corrected chi connectivity index (χ4v) is 3.85. The number of rotatable bonds is 6. The Bertz CT molecular complexity index is 902. The van der Waals surface area contributed by atoms with Gasteiger partial charge in [0.2, 0.25) is 11.8 Å². The summed E-state index contributed by atoms with van der Waals surface area (Å²) in [7, 11) is 1.81. The highest BCUT2D eigenvalue weighted by Crippen LogP contribution is 2.27. The molecule has 0 aromatic carbocycles. The standard InChI is InChI=1S/C21H27N5O4/c1-14-17(4-3-8-22-14)21(28)26-12-16(13-26)19-23-18(24-30-19)5-9-25(2)20(27)15-6-10-29-11-7-15/h3-4,8,15-16H,5-7,9-13H2,1-2H3. The number of amides is 2. The van der Waals surface area contributed by atoms with Gasteiger partial charge in [-0.1, -0.05) is 5.16 Å². The highest BCUT2D eigenvalue weighted by atomic mass is 16.5. The summed E-state index contributed by atoms with van der Waals surface area (Å²) in [6.45, 7) is 4.79. The van der Waals surface area contributed by atoms with Gasteiger partial charge in [0.25, 0.3) is 5.91 Å². The van der Waals surface area contributed by atoms with Crippen molar-refractivity contribution in [2.75, 3.05) is 39.9 Å². The van der Waals surface area contributed by atoms with Crippen molar-refractivity contribution in [3.05, 3.63) is 41.3 Å². The van der Waals surface area contributed by atoms with E-state index in [1.165, 1.54) is 0 Å². The number of ether oxygens (including phenoxy) is 1. The fourth-order valence-electron chi connectivity index (χ4n) is 3.85. The van der Waals surface area contributed by atoms with Gasteiger partial charge in [0.1, 0.15) is 0 Å². The number of nitrogens with zero attached hydrogens (tertiary/aromatic N) is 5. The van der Waals surface area contributed by atoms with E-state index >= 15 is 0 Å². The molecule has 2 aromatic heterocycles. The zero-order valence-electron chi connectivity index (χ0n) is 17.4. The number of hydrogen-bond donors (Lipinski definition) is 0. The van der Waals surface area contributed by atoms with Crippen LogP contribution in [0.15, 0.2) is 22.9 Å². The van der Waals surface area contributed by atoms with Gasteiger partial charge in [-0.15, -0.1) is 0 Å². The molecule has 0 aliphatic carbocycles. The summed E-state index contributed by atoms with van der Waals surface area (Å²) >= 11 is 0. The molecule has 2 aliphatic rings. The molecule has 2 saturated heterocycles. The minimum absolute atomic E-state index is 0.0233. The molecule has 4 rings (SSSR count). The summed E-state index contributed by atoms with van der Waals surface area (Å²) in [6.07, 6.45) is 3.79. The second-order valence-corrected chi connectivity index (χ2v) is 7.99. The predicted molar refractivity (Wildman–Crippen MR) is 107 cm³/mol. The van der Waals surface area contributed by atoms with Crippen molar-refractivity contribution >= 4 is 11.8 Å². The Kier molecular flexibility index (Phi) is 6.08. The first-order valence-electron chi connectivity index (χ1n) is 10.4. The molecule has 2 aromatic rings. The van der Waals surface area contributed by atoms with Gasteiger partial charge >= 0.3 is 0 Å². The normalized spacial score (nSPS) is 17.6. The second kappa shape index (κ2) is 8.91. The van der Waals surface area contributed by atoms with Crippen molar-refractivity contribution in [1.29, 1.82) is 0 Å². The van der Waals surface area contributed by atoms with Crippen LogP contribution < -0.4 is 0 Å². The Morgan fingerprint density at radius 1 is 1.27 bits per heavy atom. The van der Waals surface area contributed by atoms with Crippen LogP contribution in [0.3, 0.4) is 0 Å². The summed E-state index contributed by atoms with van der Waals surface area (Å²) in [6, 6.07) is 3.56. The van der Waals surface area contributed by atoms with Crippen LogP contribution in [0.25, 0.3) is 0 Å². The Balaban J connectivity index is 1.25. The van der Waals surface area contributed by atoms with Gasteiger partial charge in [0.05, 0.1) is 11.5 Å². The molecular formula is C21H27N5O4. The lowest BCUT2D eigenvalue weighted by Gasteiger charge is -2.37. The molecular weight excluding hydrogens is 386 g/mol. The number of carbonyl (C=O) groups is 2. The maximum Gasteiger partial charge on any atom is 0.255 e. The summed E-state index contributed by atoms with van der Waals surface area (Å²) in [5.41, 5.74) is 1.35. The number of likely N-dealkylation sites (N-methyl/N-ethyl adjacent to an activating group) is 1. The van der Waals surface area contributed by atoms with Crippen molar-refractivity contribution < 1.29 is 18.8 Å². The van der Waals surface area contributed by atoms with Crippen molar-refractivity contribution in [2.45, 2.75) is 32.1 Å². The van der Waals surface area contributed by atoms with E-state index in [1.807, 2.05) is 14.0 Å². The minimum Gasteiger partial charge on any atom is -0.381 e. The van der Waals surface area contributed by atoms with Gasteiger partial charge in [-0.05, 0) is 31.9 Å². The molecule has 0 radical (unpaired) electrons. The van der Waals surface area contributed by atoms with E-state index in [0.29, 0.717) is 56.5 Å². The zero-order chi connectivity index (χ0) is 21.1. The molecule has 0 spiro atoms. The smallest absolute Gasteiger partial charge is 0.255 e. The third-order valence-corrected chi connectivity index (χ3v) is 5.86. The monoisotopic (exact) mass is 413 g/mol. The second-order valence-electron chi connectivity index (χ2n) is 7.99. The average molecular weight is 413 g/mol. The molecule has 160 valence electrons. The molecule has 0 atom stereocenters. The molecule has 2 aliphatic heterocycles. The van der Waals surface area contributed by atoms with Crippen molar-refractivity contribution in [3.63, 3.8) is 0 Å². The van der Waals surface area contributed by atoms with E-state index in [-0.39, 0.29) is 23.7 Å². The summed E-state index contributed by atoms with van der Waals surface area (Å²) < 4.78 is 10.7. The van der Waals surface area contributed by atoms with Crippen LogP contribution in [0.4, 0.5) is 0 Å². The summed E-state index contributed by atoms with van der Waals surface area (Å²) in [4.78, 5) is 37.2. The lowest BCUT2D eigenvalue weighted by atomic mass is 9.98. The maximum atomic E-state index is 12.6. The highest BCUT2D eigenvalue weighted by molar-refractivity contribution is 5.95. The Morgan fingerprint density at radius 2 is 2.03 bits per heavy atom. The molecule has 9 heteroatoms. The molecule has 0 bridgehead atoms. The van der Waals surface area contributed by atoms with Gasteiger partial charge in [0.15, 0.2) is 5.82 Å². The minimum atomic E-state index is -0.0233. The number of aryl methyl sites for hydroxylation is 1. The Labute approximate surface area is 175 Å². The first-order valence-corrected chi connectivity index (χ1v) is 10.4. The number of likely N-dealkylation sites (tertiary alicyclic amines) is 1. The van der Waals surface area contributed by atoms with Crippen LogP contribution in [0.1, 0.15) is 46.5 Å². The van der Waals surface area contributed by atoms with Crippen molar-refractivity contribution in [1.82, 2.24) is 24.9 Å². The van der Waals surface area contributed by atoms with Crippen LogP contribution in [0, 0.1) is 12.8 Å². The van der Waals surface area contributed by atoms with Gasteiger partial charge in [0, 0.05) is 64.1 Å². The quantitative estimate of drug-likeness (QED) is 0.706. The third kappa shape index (κ3) is 4.35. The van der Waals surface area contributed by atoms with Gasteiger partial charge in [-0.25, -0.2) is 0 Å². The van der Waals surface area contributed by atoms with E-state index in [0.717, 1.165) is 18.5 Å². The molecule has 4 heterocycles. The SMILES string of the molecule is Cc1ncccc1C(=O)N1CC(c2nc(CCN(C)C(=O)C3CCOCC3)no2)C1. The molecule has 9 nitrogen and oxygen atoms in total. The first kappa shape index (κ1) is 20.5. The average Bonchev–Trinajstić information content (AvgIpc) is 3.19. The van der Waals surface area contributed by atoms with Crippen LogP contribution in [0.2, 0.25) is 0 Å². The summed E-state index contributed by atoms with van der Waals surface area (Å²) in [5.74, 6) is 1.37. The topological polar surface area (TPSA) is 102 Å². The first-order chi connectivity index (χ1) is 14.5. The van der Waals surface area contributed by atoms with Crippen LogP contribution in [-0.4, -0.2) is 76.6 Å². The van der Waals surface area contributed by atoms with Crippen LogP contribution in [0.5, 0.6) is 0 Å². The molecule has 30 heavy (non-hydrogen) atoms. The van der Waals surface area contributed by atoms with E-state index in [4.69, 9.17) is 9.26 Å². The molecule has 0 N–H and O–H groups in total. The van der Waals surface area contributed by atoms with E-state index in [1.54, 1.807) is 28.1 Å². The van der Waals surface area contributed by atoms with Gasteiger partial charge in [-0.2, -0.15) is 4.98 Å². The van der Waals surface area contributed by atoms with Gasteiger partial charge in [-0.3, -0.25) is 14.6 Å². The Hall–Kier alpha value is -2.81. The van der Waals surface area contributed by atoms with Crippen LogP contribution in [-0.2, 0) is 16.0 Å².